The lowest BCUT2D eigenvalue weighted by molar-refractivity contribution is 0.101. The molecule has 1 aromatic carbocycles. The van der Waals surface area contributed by atoms with Crippen molar-refractivity contribution in [1.82, 2.24) is 10.1 Å². The molecule has 2 aromatic rings. The van der Waals surface area contributed by atoms with Crippen molar-refractivity contribution in [1.29, 1.82) is 0 Å². The molecular formula is C16H18ClN3O2. The second-order valence-corrected chi connectivity index (χ2v) is 6.01. The first-order valence-corrected chi connectivity index (χ1v) is 7.75. The van der Waals surface area contributed by atoms with Crippen LogP contribution in [0.1, 0.15) is 34.7 Å². The molecule has 1 fully saturated rings. The minimum absolute atomic E-state index is 0.269. The molecule has 0 aliphatic carbocycles. The molecule has 116 valence electrons. The van der Waals surface area contributed by atoms with Gasteiger partial charge in [-0.05, 0) is 50.6 Å². The SMILES string of the molecule is Cc1ccc(NC(=O)c2cc(CN3CCCC3)on2)c(Cl)c1. The van der Waals surface area contributed by atoms with Gasteiger partial charge in [0.05, 0.1) is 17.3 Å². The Balaban J connectivity index is 1.65. The lowest BCUT2D eigenvalue weighted by Crippen LogP contribution is -2.18. The summed E-state index contributed by atoms with van der Waals surface area (Å²) in [6.45, 7) is 4.79. The second kappa shape index (κ2) is 6.50. The molecule has 6 heteroatoms. The summed E-state index contributed by atoms with van der Waals surface area (Å²) in [5.41, 5.74) is 1.88. The first-order valence-electron chi connectivity index (χ1n) is 7.37. The van der Waals surface area contributed by atoms with Gasteiger partial charge < -0.3 is 9.84 Å². The van der Waals surface area contributed by atoms with E-state index in [9.17, 15) is 4.79 Å². The number of hydrogen-bond acceptors (Lipinski definition) is 4. The van der Waals surface area contributed by atoms with E-state index in [0.29, 0.717) is 23.0 Å². The summed E-state index contributed by atoms with van der Waals surface area (Å²) in [6, 6.07) is 7.17. The van der Waals surface area contributed by atoms with Gasteiger partial charge in [0.1, 0.15) is 0 Å². The maximum Gasteiger partial charge on any atom is 0.277 e. The minimum atomic E-state index is -0.317. The van der Waals surface area contributed by atoms with E-state index in [1.54, 1.807) is 18.2 Å². The molecule has 0 radical (unpaired) electrons. The predicted octanol–water partition coefficient (Wildman–Crippen LogP) is 3.48. The normalized spacial score (nSPS) is 15.2. The summed E-state index contributed by atoms with van der Waals surface area (Å²) < 4.78 is 5.25. The van der Waals surface area contributed by atoms with Crippen LogP contribution in [0.25, 0.3) is 0 Å². The average Bonchev–Trinajstić information content (AvgIpc) is 3.14. The topological polar surface area (TPSA) is 58.4 Å². The number of anilines is 1. The number of nitrogens with one attached hydrogen (secondary N) is 1. The summed E-state index contributed by atoms with van der Waals surface area (Å²) in [7, 11) is 0. The van der Waals surface area contributed by atoms with E-state index in [0.717, 1.165) is 18.7 Å². The zero-order valence-electron chi connectivity index (χ0n) is 12.4. The van der Waals surface area contributed by atoms with Crippen LogP contribution < -0.4 is 5.32 Å². The molecule has 0 saturated carbocycles. The fourth-order valence-corrected chi connectivity index (χ4v) is 2.85. The molecule has 1 aromatic heterocycles. The standard InChI is InChI=1S/C16H18ClN3O2/c1-11-4-5-14(13(17)8-11)18-16(21)15-9-12(22-19-15)10-20-6-2-3-7-20/h4-5,8-9H,2-3,6-7,10H2,1H3,(H,18,21). The average molecular weight is 320 g/mol. The molecule has 5 nitrogen and oxygen atoms in total. The van der Waals surface area contributed by atoms with Crippen molar-refractivity contribution in [3.05, 3.63) is 46.3 Å². The Morgan fingerprint density at radius 1 is 1.36 bits per heavy atom. The highest BCUT2D eigenvalue weighted by Gasteiger charge is 2.17. The fraction of sp³-hybridized carbons (Fsp3) is 0.375. The Labute approximate surface area is 134 Å². The van der Waals surface area contributed by atoms with E-state index in [4.69, 9.17) is 16.1 Å². The van der Waals surface area contributed by atoms with Crippen molar-refractivity contribution in [2.45, 2.75) is 26.3 Å². The molecule has 0 bridgehead atoms. The van der Waals surface area contributed by atoms with Crippen LogP contribution in [0.5, 0.6) is 0 Å². The number of carbonyl (C=O) groups is 1. The zero-order valence-corrected chi connectivity index (χ0v) is 13.2. The molecule has 0 atom stereocenters. The van der Waals surface area contributed by atoms with Crippen molar-refractivity contribution in [2.24, 2.45) is 0 Å². The van der Waals surface area contributed by atoms with E-state index in [1.165, 1.54) is 12.8 Å². The van der Waals surface area contributed by atoms with Crippen LogP contribution in [0, 0.1) is 6.92 Å². The van der Waals surface area contributed by atoms with Gasteiger partial charge >= 0.3 is 0 Å². The van der Waals surface area contributed by atoms with Crippen molar-refractivity contribution in [3.8, 4) is 0 Å². The summed E-state index contributed by atoms with van der Waals surface area (Å²) in [6.07, 6.45) is 2.43. The van der Waals surface area contributed by atoms with E-state index in [1.807, 2.05) is 13.0 Å². The Hall–Kier alpha value is -1.85. The van der Waals surface area contributed by atoms with Gasteiger partial charge in [0, 0.05) is 6.07 Å². The van der Waals surface area contributed by atoms with Gasteiger partial charge in [0.15, 0.2) is 11.5 Å². The summed E-state index contributed by atoms with van der Waals surface area (Å²) in [5.74, 6) is 0.393. The third kappa shape index (κ3) is 3.48. The van der Waals surface area contributed by atoms with Crippen molar-refractivity contribution >= 4 is 23.2 Å². The highest BCUT2D eigenvalue weighted by molar-refractivity contribution is 6.34. The van der Waals surface area contributed by atoms with E-state index >= 15 is 0 Å². The number of amides is 1. The summed E-state index contributed by atoms with van der Waals surface area (Å²) in [4.78, 5) is 14.5. The maximum atomic E-state index is 12.2. The largest absolute Gasteiger partial charge is 0.359 e. The number of hydrogen-bond donors (Lipinski definition) is 1. The molecule has 0 unspecified atom stereocenters. The molecule has 3 rings (SSSR count). The number of rotatable bonds is 4. The number of nitrogens with zero attached hydrogens (tertiary/aromatic N) is 2. The van der Waals surface area contributed by atoms with E-state index < -0.39 is 0 Å². The predicted molar refractivity (Wildman–Crippen MR) is 85.2 cm³/mol. The maximum absolute atomic E-state index is 12.2. The number of aromatic nitrogens is 1. The minimum Gasteiger partial charge on any atom is -0.359 e. The Morgan fingerprint density at radius 2 is 2.14 bits per heavy atom. The van der Waals surface area contributed by atoms with Crippen LogP contribution in [-0.2, 0) is 6.54 Å². The smallest absolute Gasteiger partial charge is 0.277 e. The zero-order chi connectivity index (χ0) is 15.5. The fourth-order valence-electron chi connectivity index (χ4n) is 2.56. The molecule has 1 aliphatic rings. The molecule has 1 N–H and O–H groups in total. The second-order valence-electron chi connectivity index (χ2n) is 5.60. The Bertz CT molecular complexity index is 678. The van der Waals surface area contributed by atoms with Crippen LogP contribution in [0.15, 0.2) is 28.8 Å². The summed E-state index contributed by atoms with van der Waals surface area (Å²) >= 11 is 6.11. The first kappa shape index (κ1) is 15.1. The van der Waals surface area contributed by atoms with E-state index in [-0.39, 0.29) is 11.6 Å². The van der Waals surface area contributed by atoms with Gasteiger partial charge in [0.2, 0.25) is 0 Å². The number of aryl methyl sites for hydroxylation is 1. The lowest BCUT2D eigenvalue weighted by Gasteiger charge is -2.10. The lowest BCUT2D eigenvalue weighted by atomic mass is 10.2. The van der Waals surface area contributed by atoms with Gasteiger partial charge in [-0.2, -0.15) is 0 Å². The molecule has 0 spiro atoms. The monoisotopic (exact) mass is 319 g/mol. The van der Waals surface area contributed by atoms with Crippen LogP contribution in [0.4, 0.5) is 5.69 Å². The molecule has 22 heavy (non-hydrogen) atoms. The molecule has 1 aliphatic heterocycles. The van der Waals surface area contributed by atoms with Gasteiger partial charge in [-0.15, -0.1) is 0 Å². The van der Waals surface area contributed by atoms with Gasteiger partial charge in [-0.1, -0.05) is 22.8 Å². The van der Waals surface area contributed by atoms with Crippen molar-refractivity contribution in [3.63, 3.8) is 0 Å². The van der Waals surface area contributed by atoms with Crippen LogP contribution >= 0.6 is 11.6 Å². The van der Waals surface area contributed by atoms with Crippen LogP contribution in [-0.4, -0.2) is 29.1 Å². The van der Waals surface area contributed by atoms with Crippen molar-refractivity contribution in [2.75, 3.05) is 18.4 Å². The molecule has 1 saturated heterocycles. The van der Waals surface area contributed by atoms with Crippen molar-refractivity contribution < 1.29 is 9.32 Å². The number of carbonyl (C=O) groups excluding carboxylic acids is 1. The number of halogens is 1. The van der Waals surface area contributed by atoms with E-state index in [2.05, 4.69) is 15.4 Å². The van der Waals surface area contributed by atoms with Gasteiger partial charge in [-0.25, -0.2) is 0 Å². The first-order chi connectivity index (χ1) is 10.6. The van der Waals surface area contributed by atoms with Gasteiger partial charge in [0.25, 0.3) is 5.91 Å². The third-order valence-corrected chi connectivity index (χ3v) is 4.06. The Kier molecular flexibility index (Phi) is 4.45. The molecule has 2 heterocycles. The number of benzene rings is 1. The van der Waals surface area contributed by atoms with Crippen LogP contribution in [0.2, 0.25) is 5.02 Å². The van der Waals surface area contributed by atoms with Gasteiger partial charge in [-0.3, -0.25) is 9.69 Å². The summed E-state index contributed by atoms with van der Waals surface area (Å²) in [5, 5.41) is 7.11. The Morgan fingerprint density at radius 3 is 2.86 bits per heavy atom. The highest BCUT2D eigenvalue weighted by Crippen LogP contribution is 2.23. The quantitative estimate of drug-likeness (QED) is 0.937. The van der Waals surface area contributed by atoms with Crippen LogP contribution in [0.3, 0.4) is 0 Å². The number of likely N-dealkylation sites (tertiary alicyclic amines) is 1. The third-order valence-electron chi connectivity index (χ3n) is 3.74. The highest BCUT2D eigenvalue weighted by atomic mass is 35.5. The molecule has 1 amide bonds. The molecular weight excluding hydrogens is 302 g/mol.